The van der Waals surface area contributed by atoms with Gasteiger partial charge in [-0.15, -0.1) is 0 Å². The molecule has 3 rings (SSSR count). The summed E-state index contributed by atoms with van der Waals surface area (Å²) in [7, 11) is 0. The van der Waals surface area contributed by atoms with Gasteiger partial charge >= 0.3 is 5.97 Å². The molecule has 5 nitrogen and oxygen atoms in total. The summed E-state index contributed by atoms with van der Waals surface area (Å²) < 4.78 is 0. The molecule has 1 N–H and O–H groups in total. The topological polar surface area (TPSA) is 76.0 Å². The SMILES string of the molecule is O=C(O)c1cc(C2CC2)nc2ncncc12. The molecule has 1 saturated carbocycles. The number of pyridine rings is 1. The molecule has 2 aromatic heterocycles. The van der Waals surface area contributed by atoms with Crippen LogP contribution in [0.5, 0.6) is 0 Å². The molecule has 0 saturated heterocycles. The van der Waals surface area contributed by atoms with Gasteiger partial charge in [-0.2, -0.15) is 0 Å². The number of carboxylic acids is 1. The van der Waals surface area contributed by atoms with Crippen LogP contribution in [0.4, 0.5) is 0 Å². The van der Waals surface area contributed by atoms with Crippen molar-refractivity contribution in [2.75, 3.05) is 0 Å². The lowest BCUT2D eigenvalue weighted by Gasteiger charge is -2.04. The van der Waals surface area contributed by atoms with Gasteiger partial charge in [0.25, 0.3) is 0 Å². The highest BCUT2D eigenvalue weighted by Crippen LogP contribution is 2.39. The van der Waals surface area contributed by atoms with Gasteiger partial charge in [-0.3, -0.25) is 0 Å². The molecule has 0 aliphatic heterocycles. The van der Waals surface area contributed by atoms with Gasteiger partial charge in [0, 0.05) is 17.8 Å². The minimum absolute atomic E-state index is 0.243. The molecule has 0 amide bonds. The maximum Gasteiger partial charge on any atom is 0.336 e. The van der Waals surface area contributed by atoms with E-state index in [-0.39, 0.29) is 5.56 Å². The Labute approximate surface area is 91.2 Å². The summed E-state index contributed by atoms with van der Waals surface area (Å²) in [4.78, 5) is 23.3. The highest BCUT2D eigenvalue weighted by Gasteiger charge is 2.27. The fourth-order valence-corrected chi connectivity index (χ4v) is 1.75. The van der Waals surface area contributed by atoms with E-state index in [0.29, 0.717) is 17.0 Å². The third-order valence-corrected chi connectivity index (χ3v) is 2.73. The van der Waals surface area contributed by atoms with Gasteiger partial charge in [-0.05, 0) is 18.9 Å². The Morgan fingerprint density at radius 2 is 2.25 bits per heavy atom. The van der Waals surface area contributed by atoms with Crippen molar-refractivity contribution in [1.29, 1.82) is 0 Å². The Bertz CT molecular complexity index is 578. The van der Waals surface area contributed by atoms with E-state index in [1.54, 1.807) is 6.07 Å². The third kappa shape index (κ3) is 1.41. The fourth-order valence-electron chi connectivity index (χ4n) is 1.75. The summed E-state index contributed by atoms with van der Waals surface area (Å²) in [5, 5.41) is 9.63. The quantitative estimate of drug-likeness (QED) is 0.823. The van der Waals surface area contributed by atoms with Crippen LogP contribution in [-0.2, 0) is 0 Å². The second-order valence-corrected chi connectivity index (χ2v) is 3.93. The Balaban J connectivity index is 2.30. The predicted octanol–water partition coefficient (Wildman–Crippen LogP) is 1.60. The zero-order valence-electron chi connectivity index (χ0n) is 8.42. The monoisotopic (exact) mass is 215 g/mol. The maximum atomic E-state index is 11.1. The lowest BCUT2D eigenvalue weighted by molar-refractivity contribution is 0.0699. The number of hydrogen-bond donors (Lipinski definition) is 1. The first-order valence-corrected chi connectivity index (χ1v) is 5.09. The second-order valence-electron chi connectivity index (χ2n) is 3.93. The molecule has 0 radical (unpaired) electrons. The van der Waals surface area contributed by atoms with Crippen LogP contribution in [0.3, 0.4) is 0 Å². The number of fused-ring (bicyclic) bond motifs is 1. The number of rotatable bonds is 2. The molecule has 80 valence electrons. The molecular formula is C11H9N3O2. The summed E-state index contributed by atoms with van der Waals surface area (Å²) >= 11 is 0. The van der Waals surface area contributed by atoms with E-state index in [4.69, 9.17) is 5.11 Å². The number of nitrogens with zero attached hydrogens (tertiary/aromatic N) is 3. The van der Waals surface area contributed by atoms with E-state index in [2.05, 4.69) is 15.0 Å². The van der Waals surface area contributed by atoms with Gasteiger partial charge in [0.15, 0.2) is 5.65 Å². The minimum Gasteiger partial charge on any atom is -0.478 e. The van der Waals surface area contributed by atoms with Crippen LogP contribution < -0.4 is 0 Å². The smallest absolute Gasteiger partial charge is 0.336 e. The summed E-state index contributed by atoms with van der Waals surface area (Å²) in [6, 6.07) is 1.64. The standard InChI is InChI=1S/C11H9N3O2/c15-11(16)7-3-9(6-1-2-6)14-10-8(7)4-12-5-13-10/h3-6H,1-2H2,(H,15,16). The summed E-state index contributed by atoms with van der Waals surface area (Å²) in [6.07, 6.45) is 5.05. The van der Waals surface area contributed by atoms with Crippen molar-refractivity contribution in [3.63, 3.8) is 0 Å². The molecule has 1 aliphatic rings. The Kier molecular flexibility index (Phi) is 1.86. The molecule has 1 fully saturated rings. The van der Waals surface area contributed by atoms with E-state index in [9.17, 15) is 4.79 Å². The molecule has 0 aromatic carbocycles. The van der Waals surface area contributed by atoms with Gasteiger partial charge in [-0.25, -0.2) is 19.7 Å². The maximum absolute atomic E-state index is 11.1. The van der Waals surface area contributed by atoms with E-state index in [1.165, 1.54) is 12.5 Å². The predicted molar refractivity (Wildman–Crippen MR) is 56.3 cm³/mol. The van der Waals surface area contributed by atoms with Gasteiger partial charge in [-0.1, -0.05) is 0 Å². The van der Waals surface area contributed by atoms with Crippen LogP contribution in [0.1, 0.15) is 34.8 Å². The number of carbonyl (C=O) groups is 1. The molecule has 16 heavy (non-hydrogen) atoms. The van der Waals surface area contributed by atoms with Gasteiger partial charge < -0.3 is 5.11 Å². The molecular weight excluding hydrogens is 206 g/mol. The molecule has 0 spiro atoms. The Morgan fingerprint density at radius 1 is 1.44 bits per heavy atom. The van der Waals surface area contributed by atoms with Crippen molar-refractivity contribution in [2.24, 2.45) is 0 Å². The zero-order chi connectivity index (χ0) is 11.1. The fraction of sp³-hybridized carbons (Fsp3) is 0.273. The van der Waals surface area contributed by atoms with Gasteiger partial charge in [0.1, 0.15) is 6.33 Å². The second kappa shape index (κ2) is 3.23. The number of aromatic nitrogens is 3. The minimum atomic E-state index is -0.955. The molecule has 5 heteroatoms. The first-order valence-electron chi connectivity index (χ1n) is 5.09. The average Bonchev–Trinajstić information content (AvgIpc) is 3.11. The van der Waals surface area contributed by atoms with Crippen LogP contribution in [0.2, 0.25) is 0 Å². The van der Waals surface area contributed by atoms with Crippen molar-refractivity contribution < 1.29 is 9.90 Å². The lowest BCUT2D eigenvalue weighted by atomic mass is 10.1. The summed E-state index contributed by atoms with van der Waals surface area (Å²) in [6.45, 7) is 0. The molecule has 1 aliphatic carbocycles. The molecule has 0 unspecified atom stereocenters. The molecule has 2 aromatic rings. The van der Waals surface area contributed by atoms with Crippen LogP contribution >= 0.6 is 0 Å². The van der Waals surface area contributed by atoms with Crippen LogP contribution in [0.15, 0.2) is 18.6 Å². The first kappa shape index (κ1) is 9.21. The van der Waals surface area contributed by atoms with Crippen LogP contribution in [-0.4, -0.2) is 26.0 Å². The van der Waals surface area contributed by atoms with Crippen LogP contribution in [0.25, 0.3) is 11.0 Å². The Morgan fingerprint density at radius 3 is 2.94 bits per heavy atom. The van der Waals surface area contributed by atoms with E-state index in [0.717, 1.165) is 18.5 Å². The van der Waals surface area contributed by atoms with Gasteiger partial charge in [0.05, 0.1) is 10.9 Å². The number of aromatic carboxylic acids is 1. The van der Waals surface area contributed by atoms with Crippen molar-refractivity contribution in [2.45, 2.75) is 18.8 Å². The largest absolute Gasteiger partial charge is 0.478 e. The normalized spacial score (nSPS) is 15.2. The average molecular weight is 215 g/mol. The lowest BCUT2D eigenvalue weighted by Crippen LogP contribution is -2.02. The highest BCUT2D eigenvalue weighted by atomic mass is 16.4. The Hall–Kier alpha value is -2.04. The van der Waals surface area contributed by atoms with E-state index < -0.39 is 5.97 Å². The van der Waals surface area contributed by atoms with Crippen molar-refractivity contribution >= 4 is 17.0 Å². The van der Waals surface area contributed by atoms with E-state index in [1.807, 2.05) is 0 Å². The number of hydrogen-bond acceptors (Lipinski definition) is 4. The highest BCUT2D eigenvalue weighted by molar-refractivity contribution is 6.01. The van der Waals surface area contributed by atoms with Gasteiger partial charge in [0.2, 0.25) is 0 Å². The molecule has 2 heterocycles. The molecule has 0 atom stereocenters. The van der Waals surface area contributed by atoms with Crippen molar-refractivity contribution in [3.05, 3.63) is 29.8 Å². The van der Waals surface area contributed by atoms with Crippen molar-refractivity contribution in [1.82, 2.24) is 15.0 Å². The van der Waals surface area contributed by atoms with E-state index >= 15 is 0 Å². The summed E-state index contributed by atoms with van der Waals surface area (Å²) in [5.41, 5.74) is 1.55. The zero-order valence-corrected chi connectivity index (χ0v) is 8.42. The summed E-state index contributed by atoms with van der Waals surface area (Å²) in [5.74, 6) is -0.540. The first-order chi connectivity index (χ1) is 7.75. The van der Waals surface area contributed by atoms with Crippen molar-refractivity contribution in [3.8, 4) is 0 Å². The number of carboxylic acid groups (broad SMARTS) is 1. The third-order valence-electron chi connectivity index (χ3n) is 2.73. The molecule has 0 bridgehead atoms. The van der Waals surface area contributed by atoms with Crippen LogP contribution in [0, 0.1) is 0 Å².